The second-order valence-electron chi connectivity index (χ2n) is 3.40. The first-order valence-electron chi connectivity index (χ1n) is 4.38. The number of likely N-dealkylation sites (N-methyl/N-ethyl adjacent to an activating group) is 1. The van der Waals surface area contributed by atoms with Crippen molar-refractivity contribution in [3.63, 3.8) is 0 Å². The van der Waals surface area contributed by atoms with E-state index in [1.807, 2.05) is 0 Å². The number of carbonyl (C=O) groups excluding carboxylic acids is 1. The Balaban J connectivity index is 3.23. The number of aliphatic carboxylic acids is 1. The number of rotatable bonds is 2. The molecule has 0 aromatic heterocycles. The molecule has 1 unspecified atom stereocenters. The SMILES string of the molecule is COC(=O)C1(C)C(C(=O)O)=CC=CN1C. The molecule has 5 heteroatoms. The van der Waals surface area contributed by atoms with Gasteiger partial charge in [0.2, 0.25) is 0 Å². The Morgan fingerprint density at radius 1 is 1.53 bits per heavy atom. The highest BCUT2D eigenvalue weighted by Crippen LogP contribution is 2.28. The number of allylic oxidation sites excluding steroid dienone is 2. The summed E-state index contributed by atoms with van der Waals surface area (Å²) in [5, 5.41) is 9.00. The van der Waals surface area contributed by atoms with Crippen molar-refractivity contribution < 1.29 is 19.4 Å². The Morgan fingerprint density at radius 3 is 2.60 bits per heavy atom. The zero-order chi connectivity index (χ0) is 11.6. The minimum atomic E-state index is -1.27. The molecule has 15 heavy (non-hydrogen) atoms. The molecule has 1 aliphatic rings. The molecule has 0 amide bonds. The van der Waals surface area contributed by atoms with E-state index in [-0.39, 0.29) is 5.57 Å². The molecule has 0 radical (unpaired) electrons. The van der Waals surface area contributed by atoms with Gasteiger partial charge >= 0.3 is 11.9 Å². The summed E-state index contributed by atoms with van der Waals surface area (Å²) in [6.45, 7) is 1.52. The van der Waals surface area contributed by atoms with E-state index < -0.39 is 17.5 Å². The molecule has 82 valence electrons. The van der Waals surface area contributed by atoms with Crippen molar-refractivity contribution in [3.8, 4) is 0 Å². The number of methoxy groups -OCH3 is 1. The lowest BCUT2D eigenvalue weighted by Gasteiger charge is -2.37. The van der Waals surface area contributed by atoms with E-state index >= 15 is 0 Å². The van der Waals surface area contributed by atoms with Crippen molar-refractivity contribution in [2.75, 3.05) is 14.2 Å². The fourth-order valence-electron chi connectivity index (χ4n) is 1.50. The average Bonchev–Trinajstić information content (AvgIpc) is 2.20. The van der Waals surface area contributed by atoms with Crippen LogP contribution in [0.1, 0.15) is 6.92 Å². The van der Waals surface area contributed by atoms with Gasteiger partial charge in [0.15, 0.2) is 5.54 Å². The first-order valence-corrected chi connectivity index (χ1v) is 4.38. The molecular formula is C10H13NO4. The summed E-state index contributed by atoms with van der Waals surface area (Å²) in [6, 6.07) is 0. The zero-order valence-corrected chi connectivity index (χ0v) is 8.85. The summed E-state index contributed by atoms with van der Waals surface area (Å²) in [5.74, 6) is -1.72. The van der Waals surface area contributed by atoms with Crippen LogP contribution in [0.3, 0.4) is 0 Å². The highest BCUT2D eigenvalue weighted by Gasteiger charge is 2.45. The van der Waals surface area contributed by atoms with Crippen LogP contribution < -0.4 is 0 Å². The van der Waals surface area contributed by atoms with Crippen molar-refractivity contribution in [1.29, 1.82) is 0 Å². The fraction of sp³-hybridized carbons (Fsp3) is 0.400. The van der Waals surface area contributed by atoms with E-state index in [0.717, 1.165) is 0 Å². The Morgan fingerprint density at radius 2 is 2.13 bits per heavy atom. The van der Waals surface area contributed by atoms with Crippen molar-refractivity contribution in [2.45, 2.75) is 12.5 Å². The van der Waals surface area contributed by atoms with Crippen molar-refractivity contribution in [3.05, 3.63) is 23.9 Å². The number of carboxylic acid groups (broad SMARTS) is 1. The lowest BCUT2D eigenvalue weighted by Crippen LogP contribution is -2.53. The molecule has 0 fully saturated rings. The van der Waals surface area contributed by atoms with Crippen molar-refractivity contribution >= 4 is 11.9 Å². The number of nitrogens with zero attached hydrogens (tertiary/aromatic N) is 1. The van der Waals surface area contributed by atoms with Gasteiger partial charge in [-0.05, 0) is 19.1 Å². The van der Waals surface area contributed by atoms with Crippen LogP contribution in [-0.4, -0.2) is 41.6 Å². The van der Waals surface area contributed by atoms with E-state index in [1.165, 1.54) is 25.0 Å². The first-order chi connectivity index (χ1) is 6.94. The lowest BCUT2D eigenvalue weighted by molar-refractivity contribution is -0.152. The van der Waals surface area contributed by atoms with Gasteiger partial charge in [-0.25, -0.2) is 9.59 Å². The molecule has 0 bridgehead atoms. The van der Waals surface area contributed by atoms with Crippen LogP contribution in [0.25, 0.3) is 0 Å². The number of hydrogen-bond donors (Lipinski definition) is 1. The van der Waals surface area contributed by atoms with E-state index in [0.29, 0.717) is 0 Å². The summed E-state index contributed by atoms with van der Waals surface area (Å²) >= 11 is 0. The minimum absolute atomic E-state index is 0.000602. The molecule has 1 aliphatic heterocycles. The number of carbonyl (C=O) groups is 2. The summed E-state index contributed by atoms with van der Waals surface area (Å²) in [6.07, 6.45) is 4.61. The molecule has 0 spiro atoms. The highest BCUT2D eigenvalue weighted by atomic mass is 16.5. The third kappa shape index (κ3) is 1.60. The van der Waals surface area contributed by atoms with Crippen LogP contribution in [0.15, 0.2) is 23.9 Å². The van der Waals surface area contributed by atoms with Gasteiger partial charge in [0.1, 0.15) is 0 Å². The number of carboxylic acids is 1. The van der Waals surface area contributed by atoms with Crippen LogP contribution >= 0.6 is 0 Å². The largest absolute Gasteiger partial charge is 0.478 e. The maximum atomic E-state index is 11.6. The van der Waals surface area contributed by atoms with Gasteiger partial charge < -0.3 is 14.7 Å². The zero-order valence-electron chi connectivity index (χ0n) is 8.85. The summed E-state index contributed by atoms with van der Waals surface area (Å²) in [5.41, 5.74) is -1.27. The van der Waals surface area contributed by atoms with Crippen LogP contribution in [0.2, 0.25) is 0 Å². The molecule has 0 aromatic rings. The molecule has 5 nitrogen and oxygen atoms in total. The second kappa shape index (κ2) is 3.76. The van der Waals surface area contributed by atoms with Gasteiger partial charge in [-0.2, -0.15) is 0 Å². The lowest BCUT2D eigenvalue weighted by atomic mass is 9.88. The van der Waals surface area contributed by atoms with E-state index in [2.05, 4.69) is 4.74 Å². The topological polar surface area (TPSA) is 66.8 Å². The summed E-state index contributed by atoms with van der Waals surface area (Å²) < 4.78 is 4.62. The molecule has 1 heterocycles. The Bertz CT molecular complexity index is 358. The monoisotopic (exact) mass is 211 g/mol. The quantitative estimate of drug-likeness (QED) is 0.669. The predicted octanol–water partition coefficient (Wildman–Crippen LogP) is 0.388. The molecule has 1 atom stereocenters. The molecular weight excluding hydrogens is 198 g/mol. The van der Waals surface area contributed by atoms with Crippen molar-refractivity contribution in [1.82, 2.24) is 4.90 Å². The average molecular weight is 211 g/mol. The normalized spacial score (nSPS) is 24.7. The van der Waals surface area contributed by atoms with Gasteiger partial charge in [0.05, 0.1) is 12.7 Å². The van der Waals surface area contributed by atoms with Crippen LogP contribution in [0.4, 0.5) is 0 Å². The maximum absolute atomic E-state index is 11.6. The molecule has 0 saturated carbocycles. The van der Waals surface area contributed by atoms with Crippen molar-refractivity contribution in [2.24, 2.45) is 0 Å². The van der Waals surface area contributed by atoms with E-state index in [4.69, 9.17) is 5.11 Å². The van der Waals surface area contributed by atoms with Gasteiger partial charge in [-0.15, -0.1) is 0 Å². The predicted molar refractivity (Wildman–Crippen MR) is 53.0 cm³/mol. The Kier molecular flexibility index (Phi) is 2.83. The first kappa shape index (κ1) is 11.3. The number of ether oxygens (including phenoxy) is 1. The molecule has 1 N–H and O–H groups in total. The Labute approximate surface area is 87.6 Å². The maximum Gasteiger partial charge on any atom is 0.336 e. The molecule has 0 aliphatic carbocycles. The number of esters is 1. The van der Waals surface area contributed by atoms with Gasteiger partial charge in [0, 0.05) is 13.2 Å². The van der Waals surface area contributed by atoms with Gasteiger partial charge in [-0.3, -0.25) is 0 Å². The third-order valence-electron chi connectivity index (χ3n) is 2.62. The summed E-state index contributed by atoms with van der Waals surface area (Å²) in [7, 11) is 2.86. The van der Waals surface area contributed by atoms with E-state index in [1.54, 1.807) is 19.3 Å². The van der Waals surface area contributed by atoms with E-state index in [9.17, 15) is 9.59 Å². The van der Waals surface area contributed by atoms with Crippen LogP contribution in [0, 0.1) is 0 Å². The standard InChI is InChI=1S/C10H13NO4/c1-10(9(14)15-3)7(8(12)13)5-4-6-11(10)2/h4-6H,1-3H3,(H,12,13). The third-order valence-corrected chi connectivity index (χ3v) is 2.62. The molecule has 0 aromatic carbocycles. The Hall–Kier alpha value is -1.78. The number of hydrogen-bond acceptors (Lipinski definition) is 4. The van der Waals surface area contributed by atoms with Gasteiger partial charge in [0.25, 0.3) is 0 Å². The second-order valence-corrected chi connectivity index (χ2v) is 3.40. The smallest absolute Gasteiger partial charge is 0.336 e. The summed E-state index contributed by atoms with van der Waals surface area (Å²) in [4.78, 5) is 24.1. The molecule has 0 saturated heterocycles. The van der Waals surface area contributed by atoms with Crippen LogP contribution in [0.5, 0.6) is 0 Å². The highest BCUT2D eigenvalue weighted by molar-refractivity contribution is 6.00. The molecule has 1 rings (SSSR count). The minimum Gasteiger partial charge on any atom is -0.478 e. The fourth-order valence-corrected chi connectivity index (χ4v) is 1.50. The van der Waals surface area contributed by atoms with Crippen LogP contribution in [-0.2, 0) is 14.3 Å². The van der Waals surface area contributed by atoms with Gasteiger partial charge in [-0.1, -0.05) is 0 Å².